The number of rotatable bonds is 4. The van der Waals surface area contributed by atoms with E-state index in [0.29, 0.717) is 17.8 Å². The molecular formula is C24H25N3O. The van der Waals surface area contributed by atoms with Gasteiger partial charge in [-0.05, 0) is 37.0 Å². The number of allylic oxidation sites excluding steroid dienone is 3. The lowest BCUT2D eigenvalue weighted by atomic mass is 9.74. The van der Waals surface area contributed by atoms with E-state index >= 15 is 0 Å². The minimum absolute atomic E-state index is 0.0493. The molecule has 0 saturated heterocycles. The van der Waals surface area contributed by atoms with Gasteiger partial charge in [-0.3, -0.25) is 4.79 Å². The summed E-state index contributed by atoms with van der Waals surface area (Å²) in [6.07, 6.45) is 7.11. The summed E-state index contributed by atoms with van der Waals surface area (Å²) in [4.78, 5) is 11.6. The summed E-state index contributed by atoms with van der Waals surface area (Å²) < 4.78 is 0. The van der Waals surface area contributed by atoms with Crippen LogP contribution in [0.1, 0.15) is 52.9 Å². The van der Waals surface area contributed by atoms with Gasteiger partial charge in [0.2, 0.25) is 0 Å². The van der Waals surface area contributed by atoms with Gasteiger partial charge in [0.15, 0.2) is 6.29 Å². The highest BCUT2D eigenvalue weighted by molar-refractivity contribution is 6.12. The molecule has 0 aromatic heterocycles. The molecule has 0 amide bonds. The SMILES string of the molecule is CC1=CC=C(C2C(=N)c3c(C=O)cccc3NC2c2ccc(CN)cc2)CC1. The molecule has 0 spiro atoms. The fraction of sp³-hybridized carbons (Fsp3) is 0.250. The summed E-state index contributed by atoms with van der Waals surface area (Å²) in [5.74, 6) is -0.110. The lowest BCUT2D eigenvalue weighted by Crippen LogP contribution is -2.35. The molecule has 4 nitrogen and oxygen atoms in total. The molecule has 0 fully saturated rings. The van der Waals surface area contributed by atoms with E-state index in [4.69, 9.17) is 11.1 Å². The summed E-state index contributed by atoms with van der Waals surface area (Å²) in [6, 6.07) is 13.8. The predicted octanol–water partition coefficient (Wildman–Crippen LogP) is 4.78. The highest BCUT2D eigenvalue weighted by atomic mass is 16.1. The van der Waals surface area contributed by atoms with Crippen molar-refractivity contribution in [3.8, 4) is 0 Å². The molecule has 1 aliphatic carbocycles. The number of benzene rings is 2. The van der Waals surface area contributed by atoms with Gasteiger partial charge in [-0.2, -0.15) is 0 Å². The van der Waals surface area contributed by atoms with Gasteiger partial charge in [-0.25, -0.2) is 0 Å². The van der Waals surface area contributed by atoms with E-state index in [0.717, 1.165) is 41.5 Å². The summed E-state index contributed by atoms with van der Waals surface area (Å²) >= 11 is 0. The zero-order chi connectivity index (χ0) is 19.7. The Morgan fingerprint density at radius 3 is 2.57 bits per heavy atom. The van der Waals surface area contributed by atoms with Crippen LogP contribution < -0.4 is 11.1 Å². The number of anilines is 1. The number of aldehydes is 1. The smallest absolute Gasteiger partial charge is 0.150 e. The maximum absolute atomic E-state index is 11.6. The number of fused-ring (bicyclic) bond motifs is 1. The molecule has 28 heavy (non-hydrogen) atoms. The average molecular weight is 371 g/mol. The van der Waals surface area contributed by atoms with Gasteiger partial charge in [0.25, 0.3) is 0 Å². The van der Waals surface area contributed by atoms with Gasteiger partial charge in [-0.15, -0.1) is 0 Å². The molecule has 4 rings (SSSR count). The van der Waals surface area contributed by atoms with E-state index in [9.17, 15) is 4.79 Å². The number of hydrogen-bond acceptors (Lipinski definition) is 4. The van der Waals surface area contributed by atoms with Gasteiger partial charge in [0, 0.05) is 29.3 Å². The highest BCUT2D eigenvalue weighted by Gasteiger charge is 2.37. The first kappa shape index (κ1) is 18.4. The van der Waals surface area contributed by atoms with Gasteiger partial charge < -0.3 is 16.5 Å². The Kier molecular flexibility index (Phi) is 4.97. The van der Waals surface area contributed by atoms with E-state index in [1.54, 1.807) is 6.07 Å². The Hall–Kier alpha value is -2.98. The monoisotopic (exact) mass is 371 g/mol. The normalized spacial score (nSPS) is 21.3. The topological polar surface area (TPSA) is 79.0 Å². The second-order valence-electron chi connectivity index (χ2n) is 7.60. The van der Waals surface area contributed by atoms with Crippen LogP contribution in [0.3, 0.4) is 0 Å². The Morgan fingerprint density at radius 2 is 1.93 bits per heavy atom. The minimum atomic E-state index is -0.110. The quantitative estimate of drug-likeness (QED) is 0.677. The van der Waals surface area contributed by atoms with Crippen LogP contribution in [0.4, 0.5) is 5.69 Å². The lowest BCUT2D eigenvalue weighted by molar-refractivity contribution is 0.112. The fourth-order valence-electron chi connectivity index (χ4n) is 4.22. The van der Waals surface area contributed by atoms with Crippen molar-refractivity contribution in [2.45, 2.75) is 32.4 Å². The van der Waals surface area contributed by atoms with E-state index in [1.165, 1.54) is 11.1 Å². The Labute approximate surface area is 165 Å². The van der Waals surface area contributed by atoms with Crippen LogP contribution in [0.15, 0.2) is 65.8 Å². The van der Waals surface area contributed by atoms with Gasteiger partial charge in [0.1, 0.15) is 0 Å². The first-order valence-corrected chi connectivity index (χ1v) is 9.71. The first-order valence-electron chi connectivity index (χ1n) is 9.71. The largest absolute Gasteiger partial charge is 0.377 e. The van der Waals surface area contributed by atoms with Crippen LogP contribution in [0, 0.1) is 11.3 Å². The molecule has 0 bridgehead atoms. The number of carbonyl (C=O) groups is 1. The van der Waals surface area contributed by atoms with Gasteiger partial charge in [0.05, 0.1) is 11.8 Å². The van der Waals surface area contributed by atoms with Gasteiger partial charge >= 0.3 is 0 Å². The van der Waals surface area contributed by atoms with Crippen molar-refractivity contribution in [3.63, 3.8) is 0 Å². The van der Waals surface area contributed by atoms with Crippen molar-refractivity contribution < 1.29 is 4.79 Å². The molecule has 0 radical (unpaired) electrons. The Bertz CT molecular complexity index is 985. The molecule has 2 unspecified atom stereocenters. The molecule has 0 saturated carbocycles. The molecule has 1 aliphatic heterocycles. The summed E-state index contributed by atoms with van der Waals surface area (Å²) in [7, 11) is 0. The lowest BCUT2D eigenvalue weighted by Gasteiger charge is -2.38. The third-order valence-electron chi connectivity index (χ3n) is 5.81. The van der Waals surface area contributed by atoms with Crippen LogP contribution in [0.2, 0.25) is 0 Å². The summed E-state index contributed by atoms with van der Waals surface area (Å²) in [6.45, 7) is 2.65. The van der Waals surface area contributed by atoms with Crippen LogP contribution in [-0.2, 0) is 6.54 Å². The molecule has 4 heteroatoms. The fourth-order valence-corrected chi connectivity index (χ4v) is 4.22. The van der Waals surface area contributed by atoms with E-state index < -0.39 is 0 Å². The maximum Gasteiger partial charge on any atom is 0.150 e. The standard InChI is InChI=1S/C24H25N3O/c1-15-5-9-17(10-6-15)22-23(26)21-19(14-28)3-2-4-20(21)27-24(22)18-11-7-16(13-25)8-12-18/h2-5,7-9,11-12,14,22,24,26-27H,6,10,13,25H2,1H3. The minimum Gasteiger partial charge on any atom is -0.377 e. The van der Waals surface area contributed by atoms with Crippen molar-refractivity contribution in [1.82, 2.24) is 0 Å². The second-order valence-corrected chi connectivity index (χ2v) is 7.60. The predicted molar refractivity (Wildman–Crippen MR) is 114 cm³/mol. The highest BCUT2D eigenvalue weighted by Crippen LogP contribution is 2.43. The third-order valence-corrected chi connectivity index (χ3v) is 5.81. The maximum atomic E-state index is 11.6. The molecule has 2 aliphatic rings. The summed E-state index contributed by atoms with van der Waals surface area (Å²) in [5.41, 5.74) is 13.2. The molecule has 1 heterocycles. The first-order chi connectivity index (χ1) is 13.6. The zero-order valence-electron chi connectivity index (χ0n) is 16.0. The number of hydrogen-bond donors (Lipinski definition) is 3. The third kappa shape index (κ3) is 3.20. The van der Waals surface area contributed by atoms with Gasteiger partial charge in [-0.1, -0.05) is 59.7 Å². The Morgan fingerprint density at radius 1 is 1.14 bits per heavy atom. The molecule has 142 valence electrons. The number of nitrogens with one attached hydrogen (secondary N) is 2. The second kappa shape index (κ2) is 7.56. The summed E-state index contributed by atoms with van der Waals surface area (Å²) in [5, 5.41) is 12.7. The zero-order valence-corrected chi connectivity index (χ0v) is 16.0. The molecule has 2 atom stereocenters. The van der Waals surface area contributed by atoms with Crippen molar-refractivity contribution in [3.05, 3.63) is 88.0 Å². The average Bonchev–Trinajstić information content (AvgIpc) is 2.74. The van der Waals surface area contributed by atoms with E-state index in [-0.39, 0.29) is 12.0 Å². The van der Waals surface area contributed by atoms with Crippen LogP contribution in [0.25, 0.3) is 0 Å². The molecule has 4 N–H and O–H groups in total. The molecular weight excluding hydrogens is 346 g/mol. The van der Waals surface area contributed by atoms with E-state index in [1.807, 2.05) is 24.3 Å². The Balaban J connectivity index is 1.84. The van der Waals surface area contributed by atoms with Crippen LogP contribution in [-0.4, -0.2) is 12.0 Å². The van der Waals surface area contributed by atoms with Crippen molar-refractivity contribution in [2.75, 3.05) is 5.32 Å². The molecule has 2 aromatic rings. The van der Waals surface area contributed by atoms with Crippen molar-refractivity contribution in [1.29, 1.82) is 5.41 Å². The number of nitrogens with two attached hydrogens (primary N) is 1. The number of carbonyl (C=O) groups excluding carboxylic acids is 1. The van der Waals surface area contributed by atoms with E-state index in [2.05, 4.69) is 36.5 Å². The van der Waals surface area contributed by atoms with Crippen molar-refractivity contribution in [2.24, 2.45) is 11.7 Å². The molecule has 2 aromatic carbocycles. The van der Waals surface area contributed by atoms with Crippen LogP contribution >= 0.6 is 0 Å². The van der Waals surface area contributed by atoms with Crippen molar-refractivity contribution >= 4 is 17.7 Å². The van der Waals surface area contributed by atoms with Crippen LogP contribution in [0.5, 0.6) is 0 Å².